The summed E-state index contributed by atoms with van der Waals surface area (Å²) in [5.41, 5.74) is 0.390. The van der Waals surface area contributed by atoms with Crippen molar-refractivity contribution in [3.05, 3.63) is 0 Å². The fourth-order valence-corrected chi connectivity index (χ4v) is 1.38. The molecular formula is C14H28O3. The molecule has 0 saturated carbocycles. The first-order chi connectivity index (χ1) is 7.81. The molecule has 0 saturated heterocycles. The minimum Gasteiger partial charge on any atom is -0.298 e. The van der Waals surface area contributed by atoms with E-state index in [0.29, 0.717) is 24.4 Å². The Morgan fingerprint density at radius 2 is 1.76 bits per heavy atom. The molecule has 0 spiro atoms. The molecule has 0 aliphatic heterocycles. The minimum absolute atomic E-state index is 0.249. The van der Waals surface area contributed by atoms with Gasteiger partial charge in [0, 0.05) is 6.42 Å². The van der Waals surface area contributed by atoms with Crippen molar-refractivity contribution in [1.29, 1.82) is 0 Å². The highest BCUT2D eigenvalue weighted by Gasteiger charge is 2.10. The third kappa shape index (κ3) is 13.4. The molecule has 0 fully saturated rings. The zero-order chi connectivity index (χ0) is 13.3. The number of unbranched alkanes of at least 4 members (excludes halogenated alkanes) is 2. The minimum atomic E-state index is -0.249. The number of carbonyl (C=O) groups excluding carboxylic acids is 1. The van der Waals surface area contributed by atoms with Gasteiger partial charge in [0.1, 0.15) is 0 Å². The van der Waals surface area contributed by atoms with E-state index in [9.17, 15) is 4.79 Å². The Bertz CT molecular complexity index is 204. The third-order valence-corrected chi connectivity index (χ3v) is 2.36. The van der Waals surface area contributed by atoms with Gasteiger partial charge in [-0.05, 0) is 24.2 Å². The Kier molecular flexibility index (Phi) is 8.23. The van der Waals surface area contributed by atoms with E-state index in [0.717, 1.165) is 12.8 Å². The number of hydrogen-bond acceptors (Lipinski definition) is 3. The topological polar surface area (TPSA) is 35.5 Å². The highest BCUT2D eigenvalue weighted by atomic mass is 17.2. The smallest absolute Gasteiger partial charge is 0.298 e. The van der Waals surface area contributed by atoms with E-state index in [-0.39, 0.29) is 5.97 Å². The molecule has 0 rings (SSSR count). The van der Waals surface area contributed by atoms with Crippen LogP contribution in [0.3, 0.4) is 0 Å². The van der Waals surface area contributed by atoms with Gasteiger partial charge in [-0.25, -0.2) is 4.79 Å². The molecule has 0 aliphatic rings. The van der Waals surface area contributed by atoms with Gasteiger partial charge in [-0.2, -0.15) is 4.89 Å². The van der Waals surface area contributed by atoms with Gasteiger partial charge in [-0.15, -0.1) is 0 Å². The molecular weight excluding hydrogens is 216 g/mol. The Hall–Kier alpha value is -0.570. The lowest BCUT2D eigenvalue weighted by Crippen LogP contribution is -2.09. The monoisotopic (exact) mass is 244 g/mol. The zero-order valence-corrected chi connectivity index (χ0v) is 12.0. The summed E-state index contributed by atoms with van der Waals surface area (Å²) in [4.78, 5) is 20.7. The maximum atomic E-state index is 11.2. The van der Waals surface area contributed by atoms with Crippen LogP contribution in [0, 0.1) is 11.3 Å². The second-order valence-corrected chi connectivity index (χ2v) is 6.26. The van der Waals surface area contributed by atoms with E-state index in [4.69, 9.17) is 4.89 Å². The maximum absolute atomic E-state index is 11.2. The molecule has 0 aromatic rings. The Morgan fingerprint density at radius 1 is 1.12 bits per heavy atom. The highest BCUT2D eigenvalue weighted by Crippen LogP contribution is 2.22. The molecule has 0 atom stereocenters. The quantitative estimate of drug-likeness (QED) is 0.366. The first kappa shape index (κ1) is 16.4. The lowest BCUT2D eigenvalue weighted by atomic mass is 9.89. The summed E-state index contributed by atoms with van der Waals surface area (Å²) in [6, 6.07) is 0. The fraction of sp³-hybridized carbons (Fsp3) is 0.929. The molecule has 0 heterocycles. The Morgan fingerprint density at radius 3 is 2.29 bits per heavy atom. The van der Waals surface area contributed by atoms with E-state index in [1.165, 1.54) is 12.8 Å². The lowest BCUT2D eigenvalue weighted by molar-refractivity contribution is -0.276. The molecule has 0 aromatic carbocycles. The first-order valence-electron chi connectivity index (χ1n) is 6.63. The molecule has 3 nitrogen and oxygen atoms in total. The summed E-state index contributed by atoms with van der Waals surface area (Å²) in [7, 11) is 0. The van der Waals surface area contributed by atoms with Crippen LogP contribution in [0.1, 0.15) is 66.7 Å². The third-order valence-electron chi connectivity index (χ3n) is 2.36. The van der Waals surface area contributed by atoms with Crippen molar-refractivity contribution in [3.63, 3.8) is 0 Å². The summed E-state index contributed by atoms with van der Waals surface area (Å²) < 4.78 is 0. The molecule has 102 valence electrons. The number of carbonyl (C=O) groups is 1. The standard InChI is InChI=1S/C14H28O3/c1-12(2)11-16-17-13(15)9-7-6-8-10-14(3,4)5/h12H,6-11H2,1-5H3. The van der Waals surface area contributed by atoms with Gasteiger partial charge < -0.3 is 0 Å². The summed E-state index contributed by atoms with van der Waals surface area (Å²) in [5, 5.41) is 0. The van der Waals surface area contributed by atoms with E-state index in [1.54, 1.807) is 0 Å². The summed E-state index contributed by atoms with van der Waals surface area (Å²) in [6.45, 7) is 11.2. The van der Waals surface area contributed by atoms with Crippen molar-refractivity contribution in [2.45, 2.75) is 66.7 Å². The van der Waals surface area contributed by atoms with Crippen molar-refractivity contribution >= 4 is 5.97 Å². The summed E-state index contributed by atoms with van der Waals surface area (Å²) in [5.74, 6) is 0.135. The molecule has 0 unspecified atom stereocenters. The average molecular weight is 244 g/mol. The van der Waals surface area contributed by atoms with E-state index < -0.39 is 0 Å². The predicted octanol–water partition coefficient (Wildman–Crippen LogP) is 4.11. The molecule has 0 aliphatic carbocycles. The van der Waals surface area contributed by atoms with Gasteiger partial charge in [0.25, 0.3) is 0 Å². The molecule has 0 N–H and O–H groups in total. The van der Waals surface area contributed by atoms with Crippen LogP contribution >= 0.6 is 0 Å². The van der Waals surface area contributed by atoms with Crippen LogP contribution < -0.4 is 0 Å². The van der Waals surface area contributed by atoms with Crippen molar-refractivity contribution in [3.8, 4) is 0 Å². The van der Waals surface area contributed by atoms with Gasteiger partial charge in [-0.1, -0.05) is 47.5 Å². The van der Waals surface area contributed by atoms with Crippen LogP contribution in [0.2, 0.25) is 0 Å². The van der Waals surface area contributed by atoms with Crippen LogP contribution in [0.25, 0.3) is 0 Å². The normalized spacial score (nSPS) is 11.9. The lowest BCUT2D eigenvalue weighted by Gasteiger charge is -2.17. The molecule has 0 aromatic heterocycles. The van der Waals surface area contributed by atoms with Gasteiger partial charge in [0.2, 0.25) is 0 Å². The van der Waals surface area contributed by atoms with Gasteiger partial charge >= 0.3 is 5.97 Å². The zero-order valence-electron chi connectivity index (χ0n) is 12.0. The number of rotatable bonds is 8. The van der Waals surface area contributed by atoms with Crippen LogP contribution in [0.5, 0.6) is 0 Å². The average Bonchev–Trinajstić information content (AvgIpc) is 2.14. The van der Waals surface area contributed by atoms with Crippen molar-refractivity contribution in [2.24, 2.45) is 11.3 Å². The summed E-state index contributed by atoms with van der Waals surface area (Å²) in [6.07, 6.45) is 4.80. The van der Waals surface area contributed by atoms with Crippen molar-refractivity contribution in [1.82, 2.24) is 0 Å². The fourth-order valence-electron chi connectivity index (χ4n) is 1.38. The highest BCUT2D eigenvalue weighted by molar-refractivity contribution is 5.68. The largest absolute Gasteiger partial charge is 0.342 e. The SMILES string of the molecule is CC(C)COOC(=O)CCCCCC(C)(C)C. The van der Waals surface area contributed by atoms with Crippen LogP contribution in [-0.2, 0) is 14.6 Å². The molecule has 0 amide bonds. The molecule has 3 heteroatoms. The van der Waals surface area contributed by atoms with E-state index >= 15 is 0 Å². The van der Waals surface area contributed by atoms with Crippen molar-refractivity contribution in [2.75, 3.05) is 6.61 Å². The van der Waals surface area contributed by atoms with E-state index in [2.05, 4.69) is 25.7 Å². The Balaban J connectivity index is 3.34. The number of hydrogen-bond donors (Lipinski definition) is 0. The van der Waals surface area contributed by atoms with Crippen LogP contribution in [-0.4, -0.2) is 12.6 Å². The molecule has 0 radical (unpaired) electrons. The van der Waals surface area contributed by atoms with Gasteiger partial charge in [0.05, 0.1) is 6.61 Å². The summed E-state index contributed by atoms with van der Waals surface area (Å²) >= 11 is 0. The maximum Gasteiger partial charge on any atom is 0.342 e. The van der Waals surface area contributed by atoms with E-state index in [1.807, 2.05) is 13.8 Å². The first-order valence-corrected chi connectivity index (χ1v) is 6.63. The second kappa shape index (κ2) is 8.51. The van der Waals surface area contributed by atoms with Crippen molar-refractivity contribution < 1.29 is 14.6 Å². The molecule has 0 bridgehead atoms. The van der Waals surface area contributed by atoms with Crippen LogP contribution in [0.4, 0.5) is 0 Å². The van der Waals surface area contributed by atoms with Gasteiger partial charge in [0.15, 0.2) is 0 Å². The second-order valence-electron chi connectivity index (χ2n) is 6.26. The predicted molar refractivity (Wildman–Crippen MR) is 69.4 cm³/mol. The van der Waals surface area contributed by atoms with Crippen LogP contribution in [0.15, 0.2) is 0 Å². The molecule has 17 heavy (non-hydrogen) atoms. The van der Waals surface area contributed by atoms with Gasteiger partial charge in [-0.3, -0.25) is 4.89 Å². The Labute approximate surface area is 106 Å².